The summed E-state index contributed by atoms with van der Waals surface area (Å²) in [5.74, 6) is 0. The summed E-state index contributed by atoms with van der Waals surface area (Å²) in [6.07, 6.45) is 9.87. The lowest BCUT2D eigenvalue weighted by Gasteiger charge is -2.32. The molecule has 0 atom stereocenters. The van der Waals surface area contributed by atoms with E-state index in [4.69, 9.17) is 0 Å². The molecule has 0 fully saturated rings. The smallest absolute Gasteiger partial charge is 0.00375 e. The zero-order valence-electron chi connectivity index (χ0n) is 26.4. The Labute approximate surface area is 277 Å². The third-order valence-corrected chi connectivity index (χ3v) is 14.8. The lowest BCUT2D eigenvalue weighted by atomic mass is 9.86. The molecule has 2 aliphatic carbocycles. The van der Waals surface area contributed by atoms with E-state index in [1.54, 1.807) is 27.6 Å². The maximum Gasteiger partial charge on any atom is -0.00375 e. The molecule has 2 aliphatic rings. The van der Waals surface area contributed by atoms with E-state index in [9.17, 15) is 0 Å². The predicted octanol–water partition coefficient (Wildman–Crippen LogP) is 8.63. The van der Waals surface area contributed by atoms with Crippen LogP contribution >= 0.6 is 15.8 Å². The van der Waals surface area contributed by atoms with Crippen LogP contribution < -0.4 is 31.8 Å². The minimum atomic E-state index is -0.750. The lowest BCUT2D eigenvalue weighted by molar-refractivity contribution is 0.686. The Morgan fingerprint density at radius 2 is 0.783 bits per heavy atom. The van der Waals surface area contributed by atoms with Crippen LogP contribution in [0.15, 0.2) is 146 Å². The summed E-state index contributed by atoms with van der Waals surface area (Å²) >= 11 is 0. The molecule has 0 heterocycles. The molecule has 0 nitrogen and oxygen atoms in total. The van der Waals surface area contributed by atoms with Crippen molar-refractivity contribution in [1.82, 2.24) is 0 Å². The van der Waals surface area contributed by atoms with Gasteiger partial charge in [-0.15, -0.1) is 0 Å². The molecule has 0 saturated carbocycles. The molecular formula is C44H40P2. The minimum absolute atomic E-state index is 0.749. The van der Waals surface area contributed by atoms with Gasteiger partial charge in [-0.3, -0.25) is 0 Å². The highest BCUT2D eigenvalue weighted by Crippen LogP contribution is 2.44. The van der Waals surface area contributed by atoms with Gasteiger partial charge in [0, 0.05) is 0 Å². The third kappa shape index (κ3) is 5.79. The molecule has 46 heavy (non-hydrogen) atoms. The normalized spacial score (nSPS) is 14.2. The van der Waals surface area contributed by atoms with Gasteiger partial charge in [0.1, 0.15) is 0 Å². The first-order chi connectivity index (χ1) is 22.8. The number of rotatable bonds is 7. The summed E-state index contributed by atoms with van der Waals surface area (Å²) < 4.78 is 0. The zero-order valence-corrected chi connectivity index (χ0v) is 28.2. The molecule has 0 unspecified atom stereocenters. The van der Waals surface area contributed by atoms with Crippen molar-refractivity contribution < 1.29 is 0 Å². The van der Waals surface area contributed by atoms with Gasteiger partial charge >= 0.3 is 0 Å². The molecule has 0 radical (unpaired) electrons. The highest BCUT2D eigenvalue weighted by molar-refractivity contribution is 7.80. The van der Waals surface area contributed by atoms with Crippen LogP contribution in [-0.2, 0) is 25.7 Å². The van der Waals surface area contributed by atoms with Gasteiger partial charge in [0.05, 0.1) is 0 Å². The van der Waals surface area contributed by atoms with Crippen molar-refractivity contribution in [3.05, 3.63) is 168 Å². The monoisotopic (exact) mass is 630 g/mol. The van der Waals surface area contributed by atoms with Crippen LogP contribution in [-0.4, -0.2) is 0 Å². The molecule has 0 saturated heterocycles. The zero-order chi connectivity index (χ0) is 30.7. The van der Waals surface area contributed by atoms with E-state index in [2.05, 4.69) is 146 Å². The van der Waals surface area contributed by atoms with Crippen molar-refractivity contribution in [1.29, 1.82) is 0 Å². The van der Waals surface area contributed by atoms with Gasteiger partial charge in [0.2, 0.25) is 0 Å². The fourth-order valence-electron chi connectivity index (χ4n) is 7.60. The SMILES string of the molecule is c1ccc(P(c2ccccc2)c2cc3c(cc2-c2ccc4c(c2P(c2ccccc2)c2ccccc2)CCCC4)CCCC3)cc1. The van der Waals surface area contributed by atoms with E-state index in [0.29, 0.717) is 0 Å². The van der Waals surface area contributed by atoms with E-state index < -0.39 is 15.8 Å². The molecule has 0 aliphatic heterocycles. The average Bonchev–Trinajstić information content (AvgIpc) is 3.13. The molecule has 0 amide bonds. The Bertz CT molecular complexity index is 1850. The van der Waals surface area contributed by atoms with Crippen molar-refractivity contribution in [2.75, 3.05) is 0 Å². The molecule has 226 valence electrons. The number of hydrogen-bond acceptors (Lipinski definition) is 0. The van der Waals surface area contributed by atoms with Crippen LogP contribution in [0.2, 0.25) is 0 Å². The van der Waals surface area contributed by atoms with Crippen LogP contribution in [0.25, 0.3) is 11.1 Å². The summed E-state index contributed by atoms with van der Waals surface area (Å²) in [6.45, 7) is 0. The number of aryl methyl sites for hydroxylation is 3. The first kappa shape index (κ1) is 29.6. The van der Waals surface area contributed by atoms with Crippen LogP contribution in [0.3, 0.4) is 0 Å². The highest BCUT2D eigenvalue weighted by atomic mass is 31.1. The first-order valence-corrected chi connectivity index (χ1v) is 19.6. The molecule has 2 heteroatoms. The van der Waals surface area contributed by atoms with Crippen LogP contribution in [0.5, 0.6) is 0 Å². The molecule has 0 bridgehead atoms. The van der Waals surface area contributed by atoms with E-state index in [1.807, 2.05) is 0 Å². The Morgan fingerprint density at radius 3 is 1.30 bits per heavy atom. The molecular weight excluding hydrogens is 590 g/mol. The van der Waals surface area contributed by atoms with Gasteiger partial charge in [0.15, 0.2) is 0 Å². The van der Waals surface area contributed by atoms with Gasteiger partial charge in [-0.05, 0) is 138 Å². The molecule has 6 aromatic rings. The molecule has 8 rings (SSSR count). The molecule has 6 aromatic carbocycles. The maximum atomic E-state index is 2.64. The van der Waals surface area contributed by atoms with Crippen molar-refractivity contribution in [3.63, 3.8) is 0 Å². The summed E-state index contributed by atoms with van der Waals surface area (Å²) in [5.41, 5.74) is 9.24. The quantitative estimate of drug-likeness (QED) is 0.155. The first-order valence-electron chi connectivity index (χ1n) is 17.0. The Morgan fingerprint density at radius 1 is 0.348 bits per heavy atom. The highest BCUT2D eigenvalue weighted by Gasteiger charge is 2.30. The molecule has 0 spiro atoms. The topological polar surface area (TPSA) is 0 Å². The van der Waals surface area contributed by atoms with Crippen molar-refractivity contribution in [2.24, 2.45) is 0 Å². The summed E-state index contributed by atoms with van der Waals surface area (Å²) in [4.78, 5) is 0. The second kappa shape index (κ2) is 13.5. The predicted molar refractivity (Wildman–Crippen MR) is 203 cm³/mol. The fraction of sp³-hybridized carbons (Fsp3) is 0.182. The van der Waals surface area contributed by atoms with Gasteiger partial charge in [0.25, 0.3) is 0 Å². The fourth-order valence-corrected chi connectivity index (χ4v) is 12.8. The second-order valence-corrected chi connectivity index (χ2v) is 17.0. The van der Waals surface area contributed by atoms with E-state index in [1.165, 1.54) is 89.0 Å². The van der Waals surface area contributed by atoms with E-state index in [0.717, 1.165) is 0 Å². The summed E-state index contributed by atoms with van der Waals surface area (Å²) in [6, 6.07) is 55.7. The van der Waals surface area contributed by atoms with Crippen LogP contribution in [0, 0.1) is 0 Å². The van der Waals surface area contributed by atoms with Gasteiger partial charge in [-0.1, -0.05) is 140 Å². The number of fused-ring (bicyclic) bond motifs is 2. The summed E-state index contributed by atoms with van der Waals surface area (Å²) in [5, 5.41) is 8.84. The van der Waals surface area contributed by atoms with Crippen molar-refractivity contribution >= 4 is 47.7 Å². The maximum absolute atomic E-state index is 2.64. The minimum Gasteiger partial charge on any atom is -0.0622 e. The molecule has 0 N–H and O–H groups in total. The van der Waals surface area contributed by atoms with Crippen LogP contribution in [0.1, 0.15) is 47.9 Å². The van der Waals surface area contributed by atoms with E-state index >= 15 is 0 Å². The Hall–Kier alpha value is -3.82. The van der Waals surface area contributed by atoms with Crippen molar-refractivity contribution in [2.45, 2.75) is 51.4 Å². The van der Waals surface area contributed by atoms with Crippen molar-refractivity contribution in [3.8, 4) is 11.1 Å². The Balaban J connectivity index is 1.45. The standard InChI is InChI=1S/C44H40P2/c1-5-20-36(21-6-1)45(37-22-7-2-8-23-37)43-32-35-19-14-13-18-34(35)31-42(43)41-30-29-33-17-15-16-28-40(33)44(41)46(38-24-9-3-10-25-38)39-26-11-4-12-27-39/h1-12,20-27,29-32H,13-19,28H2. The number of benzene rings is 6. The van der Waals surface area contributed by atoms with Crippen LogP contribution in [0.4, 0.5) is 0 Å². The van der Waals surface area contributed by atoms with Gasteiger partial charge in [-0.25, -0.2) is 0 Å². The summed E-state index contributed by atoms with van der Waals surface area (Å²) in [7, 11) is -1.50. The van der Waals surface area contributed by atoms with Gasteiger partial charge in [-0.2, -0.15) is 0 Å². The van der Waals surface area contributed by atoms with Gasteiger partial charge < -0.3 is 0 Å². The Kier molecular flexibility index (Phi) is 8.68. The average molecular weight is 631 g/mol. The van der Waals surface area contributed by atoms with E-state index in [-0.39, 0.29) is 0 Å². The molecule has 0 aromatic heterocycles. The lowest BCUT2D eigenvalue weighted by Crippen LogP contribution is -2.29. The second-order valence-electron chi connectivity index (χ2n) is 12.7. The largest absolute Gasteiger partial charge is 0.0622 e. The third-order valence-electron chi connectivity index (χ3n) is 9.78. The number of hydrogen-bond donors (Lipinski definition) is 0.